The van der Waals surface area contributed by atoms with Gasteiger partial charge in [0.15, 0.2) is 0 Å². The van der Waals surface area contributed by atoms with E-state index in [0.29, 0.717) is 26.3 Å². The summed E-state index contributed by atoms with van der Waals surface area (Å²) in [4.78, 5) is 60.3. The first kappa shape index (κ1) is 38.7. The van der Waals surface area contributed by atoms with Crippen molar-refractivity contribution in [3.05, 3.63) is 66.0 Å². The van der Waals surface area contributed by atoms with E-state index in [-0.39, 0.29) is 47.1 Å². The van der Waals surface area contributed by atoms with Gasteiger partial charge in [0, 0.05) is 36.6 Å². The van der Waals surface area contributed by atoms with Gasteiger partial charge in [-0.3, -0.25) is 9.59 Å². The van der Waals surface area contributed by atoms with Crippen molar-refractivity contribution < 1.29 is 28.6 Å². The van der Waals surface area contributed by atoms with E-state index in [4.69, 9.17) is 24.2 Å². The normalized spacial score (nSPS) is 22.7. The maximum Gasteiger partial charge on any atom is 0.407 e. The number of hydrogen-bond donors (Lipinski definition) is 3. The Morgan fingerprint density at radius 2 is 1.68 bits per heavy atom. The summed E-state index contributed by atoms with van der Waals surface area (Å²) in [5.74, 6) is 2.46. The van der Waals surface area contributed by atoms with Crippen molar-refractivity contribution in [1.29, 1.82) is 0 Å². The number of rotatable bonds is 9. The molecule has 3 saturated heterocycles. The van der Waals surface area contributed by atoms with Gasteiger partial charge in [-0.2, -0.15) is 0 Å². The number of likely N-dealkylation sites (tertiary alicyclic amines) is 2. The topological polar surface area (TPSA) is 155 Å². The first-order valence-corrected chi connectivity index (χ1v) is 20.5. The zero-order chi connectivity index (χ0) is 40.0. The molecule has 302 valence electrons. The number of benzene rings is 2. The van der Waals surface area contributed by atoms with Crippen LogP contribution in [0, 0.1) is 23.2 Å². The molecule has 0 aliphatic carbocycles. The Balaban J connectivity index is 0.982. The molecular weight excluding hydrogens is 723 g/mol. The summed E-state index contributed by atoms with van der Waals surface area (Å²) in [6.45, 7) is 13.2. The molecule has 0 unspecified atom stereocenters. The Bertz CT molecular complexity index is 2120. The van der Waals surface area contributed by atoms with Gasteiger partial charge in [0.05, 0.1) is 43.4 Å². The molecule has 4 aromatic rings. The van der Waals surface area contributed by atoms with E-state index in [1.165, 1.54) is 7.11 Å². The molecule has 0 bridgehead atoms. The van der Waals surface area contributed by atoms with E-state index < -0.39 is 12.1 Å². The fraction of sp³-hybridized carbons (Fsp3) is 0.523. The van der Waals surface area contributed by atoms with Gasteiger partial charge in [0.25, 0.3) is 0 Å². The van der Waals surface area contributed by atoms with Crippen LogP contribution in [0.15, 0.2) is 48.7 Å². The highest BCUT2D eigenvalue weighted by Crippen LogP contribution is 2.48. The van der Waals surface area contributed by atoms with Crippen LogP contribution in [-0.2, 0) is 25.7 Å². The number of alkyl carbamates (subject to hydrolysis) is 1. The monoisotopic (exact) mass is 777 g/mol. The fourth-order valence-corrected chi connectivity index (χ4v) is 9.05. The number of imidazole rings is 2. The number of nitrogens with one attached hydrogen (secondary N) is 3. The summed E-state index contributed by atoms with van der Waals surface area (Å²) in [6, 6.07) is 13.6. The molecule has 8 rings (SSSR count). The highest BCUT2D eigenvalue weighted by atomic mass is 16.5. The summed E-state index contributed by atoms with van der Waals surface area (Å²) < 4.78 is 17.0. The van der Waals surface area contributed by atoms with Crippen molar-refractivity contribution in [2.75, 3.05) is 33.4 Å². The van der Waals surface area contributed by atoms with Gasteiger partial charge in [-0.05, 0) is 72.8 Å². The number of carbonyl (C=O) groups excluding carboxylic acids is 3. The number of aromatic amines is 2. The summed E-state index contributed by atoms with van der Waals surface area (Å²) in [5, 5.41) is 2.72. The zero-order valence-electron chi connectivity index (χ0n) is 33.9. The van der Waals surface area contributed by atoms with Crippen molar-refractivity contribution in [3.63, 3.8) is 0 Å². The average molecular weight is 778 g/mol. The molecule has 5 atom stereocenters. The lowest BCUT2D eigenvalue weighted by atomic mass is 9.80. The summed E-state index contributed by atoms with van der Waals surface area (Å²) >= 11 is 0. The molecule has 13 nitrogen and oxygen atoms in total. The third-order valence-corrected chi connectivity index (χ3v) is 12.7. The molecule has 0 saturated carbocycles. The first-order valence-electron chi connectivity index (χ1n) is 20.5. The molecule has 3 N–H and O–H groups in total. The molecule has 6 heterocycles. The molecule has 3 amide bonds. The summed E-state index contributed by atoms with van der Waals surface area (Å²) in [5.41, 5.74) is 6.62. The number of aromatic nitrogens is 4. The van der Waals surface area contributed by atoms with E-state index in [1.807, 2.05) is 31.9 Å². The van der Waals surface area contributed by atoms with Crippen molar-refractivity contribution in [2.45, 2.75) is 91.5 Å². The Morgan fingerprint density at radius 3 is 2.40 bits per heavy atom. The average Bonchev–Trinajstić information content (AvgIpc) is 4.05. The number of carbonyl (C=O) groups is 3. The van der Waals surface area contributed by atoms with E-state index in [0.717, 1.165) is 95.4 Å². The predicted molar refractivity (Wildman–Crippen MR) is 215 cm³/mol. The fourth-order valence-electron chi connectivity index (χ4n) is 9.05. The zero-order valence-corrected chi connectivity index (χ0v) is 33.9. The number of H-pyrrole nitrogens is 2. The number of ether oxygens (including phenoxy) is 3. The second kappa shape index (κ2) is 15.6. The van der Waals surface area contributed by atoms with Crippen LogP contribution in [0.1, 0.15) is 96.1 Å². The predicted octanol–water partition coefficient (Wildman–Crippen LogP) is 7.43. The lowest BCUT2D eigenvalue weighted by Gasteiger charge is -2.33. The maximum absolute atomic E-state index is 13.8. The number of nitrogens with zero attached hydrogens (tertiary/aromatic N) is 4. The van der Waals surface area contributed by atoms with Crippen LogP contribution in [0.5, 0.6) is 5.75 Å². The van der Waals surface area contributed by atoms with Crippen molar-refractivity contribution >= 4 is 17.9 Å². The van der Waals surface area contributed by atoms with Gasteiger partial charge in [-0.1, -0.05) is 65.0 Å². The number of methoxy groups -OCH3 is 1. The quantitative estimate of drug-likeness (QED) is 0.159. The van der Waals surface area contributed by atoms with Crippen LogP contribution < -0.4 is 10.1 Å². The van der Waals surface area contributed by atoms with Gasteiger partial charge >= 0.3 is 6.09 Å². The van der Waals surface area contributed by atoms with Gasteiger partial charge in [-0.15, -0.1) is 0 Å². The van der Waals surface area contributed by atoms with Crippen LogP contribution in [0.2, 0.25) is 0 Å². The minimum absolute atomic E-state index is 0.0236. The van der Waals surface area contributed by atoms with Crippen molar-refractivity contribution in [2.24, 2.45) is 23.2 Å². The summed E-state index contributed by atoms with van der Waals surface area (Å²) in [7, 11) is 1.30. The SMILES string of the molecule is COC(=O)N[C@H](C(=O)N1CCC[C@H]1c1nc2c([nH]1)-c1ccc(-c3ccc(-c4cnc([C@@H]5C[C@@]6(CCCOC6)CN5C(=O)[C@@H](C)C(C)C)[nH]4)cc3)cc1OC2)C(C)C. The first-order chi connectivity index (χ1) is 27.4. The van der Waals surface area contributed by atoms with E-state index in [9.17, 15) is 14.4 Å². The van der Waals surface area contributed by atoms with Gasteiger partial charge in [0.2, 0.25) is 11.8 Å². The standard InChI is InChI=1S/C44H55N7O6/c1-25(2)27(5)41(52)51-23-44(16-8-18-56-24-44)20-35(51)39-45-21-32(46-39)29-12-10-28(11-13-29)30-14-15-31-36(19-30)57-22-33-38(31)48-40(47-33)34-9-7-17-50(34)42(53)37(26(3)4)49-43(54)55-6/h10-15,19,21,25-27,34-35,37H,7-9,16-18,20,22-24H2,1-6H3,(H,45,46)(H,47,48)(H,49,54)/t27-,34-,35-,37-,44-/m0/s1. The molecule has 1 spiro atoms. The molecule has 2 aromatic heterocycles. The minimum atomic E-state index is -0.695. The Kier molecular flexibility index (Phi) is 10.6. The molecule has 57 heavy (non-hydrogen) atoms. The van der Waals surface area contributed by atoms with Crippen LogP contribution in [0.4, 0.5) is 4.79 Å². The molecule has 3 fully saturated rings. The largest absolute Gasteiger partial charge is 0.486 e. The van der Waals surface area contributed by atoms with E-state index in [2.05, 4.69) is 76.5 Å². The van der Waals surface area contributed by atoms with Gasteiger partial charge < -0.3 is 39.3 Å². The Labute approximate surface area is 334 Å². The molecular formula is C44H55N7O6. The summed E-state index contributed by atoms with van der Waals surface area (Å²) in [6.07, 6.45) is 5.81. The number of amides is 3. The van der Waals surface area contributed by atoms with Crippen molar-refractivity contribution in [3.8, 4) is 39.4 Å². The molecule has 4 aliphatic rings. The second-order valence-corrected chi connectivity index (χ2v) is 17.1. The molecule has 2 aromatic carbocycles. The van der Waals surface area contributed by atoms with Crippen LogP contribution in [0.3, 0.4) is 0 Å². The molecule has 0 radical (unpaired) electrons. The van der Waals surface area contributed by atoms with Crippen LogP contribution in [0.25, 0.3) is 33.6 Å². The minimum Gasteiger partial charge on any atom is -0.486 e. The highest BCUT2D eigenvalue weighted by molar-refractivity contribution is 5.86. The number of fused-ring (bicyclic) bond motifs is 3. The lowest BCUT2D eigenvalue weighted by Crippen LogP contribution is -2.51. The van der Waals surface area contributed by atoms with Crippen LogP contribution >= 0.6 is 0 Å². The van der Waals surface area contributed by atoms with Gasteiger partial charge in [-0.25, -0.2) is 14.8 Å². The third kappa shape index (κ3) is 7.42. The van der Waals surface area contributed by atoms with Crippen molar-refractivity contribution in [1.82, 2.24) is 35.1 Å². The second-order valence-electron chi connectivity index (χ2n) is 17.1. The Hall–Kier alpha value is -5.17. The smallest absolute Gasteiger partial charge is 0.407 e. The molecule has 4 aliphatic heterocycles. The van der Waals surface area contributed by atoms with E-state index >= 15 is 0 Å². The lowest BCUT2D eigenvalue weighted by molar-refractivity contribution is -0.138. The third-order valence-electron chi connectivity index (χ3n) is 12.7. The van der Waals surface area contributed by atoms with Gasteiger partial charge in [0.1, 0.15) is 35.7 Å². The molecule has 13 heteroatoms. The van der Waals surface area contributed by atoms with E-state index in [1.54, 1.807) is 0 Å². The Morgan fingerprint density at radius 1 is 0.912 bits per heavy atom. The number of hydrogen-bond acceptors (Lipinski definition) is 8. The van der Waals surface area contributed by atoms with Crippen LogP contribution in [-0.4, -0.2) is 87.1 Å². The maximum atomic E-state index is 13.8. The highest BCUT2D eigenvalue weighted by Gasteiger charge is 2.49.